The molecule has 106 valence electrons. The second-order valence-electron chi connectivity index (χ2n) is 5.12. The average molecular weight is 272 g/mol. The molecular weight excluding hydrogens is 251 g/mol. The van der Waals surface area contributed by atoms with Gasteiger partial charge in [-0.15, -0.1) is 0 Å². The minimum Gasteiger partial charge on any atom is -0.374 e. The van der Waals surface area contributed by atoms with Crippen LogP contribution in [0.5, 0.6) is 0 Å². The van der Waals surface area contributed by atoms with E-state index in [4.69, 9.17) is 5.73 Å². The molecule has 2 aromatic rings. The summed E-state index contributed by atoms with van der Waals surface area (Å²) in [6.45, 7) is 2.64. The van der Waals surface area contributed by atoms with E-state index in [9.17, 15) is 4.39 Å². The lowest BCUT2D eigenvalue weighted by Gasteiger charge is -2.24. The van der Waals surface area contributed by atoms with Crippen molar-refractivity contribution in [3.63, 3.8) is 0 Å². The van der Waals surface area contributed by atoms with Crippen LogP contribution in [0.1, 0.15) is 24.1 Å². The van der Waals surface area contributed by atoms with Gasteiger partial charge in [-0.3, -0.25) is 0 Å². The van der Waals surface area contributed by atoms with E-state index in [1.807, 2.05) is 38.2 Å². The molecular formula is C17H21FN2. The summed E-state index contributed by atoms with van der Waals surface area (Å²) in [5.41, 5.74) is 8.63. The number of benzene rings is 2. The van der Waals surface area contributed by atoms with Gasteiger partial charge in [-0.1, -0.05) is 36.4 Å². The van der Waals surface area contributed by atoms with Gasteiger partial charge in [0.2, 0.25) is 0 Å². The number of rotatable bonds is 5. The maximum Gasteiger partial charge on any atom is 0.130 e. The minimum absolute atomic E-state index is 0.232. The van der Waals surface area contributed by atoms with Gasteiger partial charge < -0.3 is 10.6 Å². The fourth-order valence-corrected chi connectivity index (χ4v) is 2.37. The summed E-state index contributed by atoms with van der Waals surface area (Å²) in [5.74, 6) is -0.232. The van der Waals surface area contributed by atoms with Crippen molar-refractivity contribution in [1.82, 2.24) is 0 Å². The molecule has 2 rings (SSSR count). The van der Waals surface area contributed by atoms with Crippen LogP contribution in [-0.4, -0.2) is 13.6 Å². The molecule has 0 unspecified atom stereocenters. The van der Waals surface area contributed by atoms with Gasteiger partial charge in [-0.2, -0.15) is 0 Å². The highest BCUT2D eigenvalue weighted by atomic mass is 19.1. The fraction of sp³-hybridized carbons (Fsp3) is 0.294. The zero-order chi connectivity index (χ0) is 14.5. The highest BCUT2D eigenvalue weighted by Gasteiger charge is 2.15. The highest BCUT2D eigenvalue weighted by Crippen LogP contribution is 2.27. The molecule has 0 radical (unpaired) electrons. The Hall–Kier alpha value is -1.87. The van der Waals surface area contributed by atoms with E-state index < -0.39 is 0 Å². The molecule has 2 aromatic carbocycles. The van der Waals surface area contributed by atoms with E-state index in [0.717, 1.165) is 18.7 Å². The van der Waals surface area contributed by atoms with Crippen LogP contribution in [-0.2, 0) is 6.42 Å². The first-order valence-corrected chi connectivity index (χ1v) is 6.88. The first-order chi connectivity index (χ1) is 9.59. The predicted molar refractivity (Wildman–Crippen MR) is 82.4 cm³/mol. The predicted octanol–water partition coefficient (Wildman–Crippen LogP) is 3.52. The molecule has 0 fully saturated rings. The molecule has 0 heterocycles. The van der Waals surface area contributed by atoms with Crippen molar-refractivity contribution < 1.29 is 4.39 Å². The Balaban J connectivity index is 2.13. The molecule has 0 amide bonds. The topological polar surface area (TPSA) is 29.3 Å². The van der Waals surface area contributed by atoms with Gasteiger partial charge in [0.25, 0.3) is 0 Å². The molecule has 20 heavy (non-hydrogen) atoms. The van der Waals surface area contributed by atoms with Gasteiger partial charge in [0.1, 0.15) is 5.82 Å². The van der Waals surface area contributed by atoms with Crippen LogP contribution >= 0.6 is 0 Å². The van der Waals surface area contributed by atoms with Crippen LogP contribution < -0.4 is 10.6 Å². The Kier molecular flexibility index (Phi) is 4.74. The van der Waals surface area contributed by atoms with Gasteiger partial charge in [0.15, 0.2) is 0 Å². The third-order valence-corrected chi connectivity index (χ3v) is 3.48. The fourth-order valence-electron chi connectivity index (χ4n) is 2.37. The quantitative estimate of drug-likeness (QED) is 0.902. The summed E-state index contributed by atoms with van der Waals surface area (Å²) in [5, 5.41) is 0. The molecule has 0 aromatic heterocycles. The molecule has 0 aliphatic carbocycles. The van der Waals surface area contributed by atoms with Crippen molar-refractivity contribution in [3.8, 4) is 0 Å². The van der Waals surface area contributed by atoms with Gasteiger partial charge >= 0.3 is 0 Å². The van der Waals surface area contributed by atoms with E-state index in [-0.39, 0.29) is 11.9 Å². The van der Waals surface area contributed by atoms with Crippen molar-refractivity contribution >= 4 is 5.69 Å². The normalized spacial score (nSPS) is 12.2. The minimum atomic E-state index is -0.314. The van der Waals surface area contributed by atoms with E-state index in [1.54, 1.807) is 6.07 Å². The number of hydrogen-bond acceptors (Lipinski definition) is 2. The first-order valence-electron chi connectivity index (χ1n) is 6.88. The summed E-state index contributed by atoms with van der Waals surface area (Å²) in [7, 11) is 1.98. The van der Waals surface area contributed by atoms with Gasteiger partial charge in [-0.05, 0) is 31.0 Å². The van der Waals surface area contributed by atoms with E-state index in [0.29, 0.717) is 5.56 Å². The van der Waals surface area contributed by atoms with Crippen LogP contribution in [0.2, 0.25) is 0 Å². The molecule has 0 saturated heterocycles. The molecule has 0 spiro atoms. The molecule has 0 bridgehead atoms. The molecule has 3 heteroatoms. The lowest BCUT2D eigenvalue weighted by atomic mass is 10.0. The smallest absolute Gasteiger partial charge is 0.130 e. The monoisotopic (exact) mass is 272 g/mol. The average Bonchev–Trinajstić information content (AvgIpc) is 2.45. The highest BCUT2D eigenvalue weighted by molar-refractivity contribution is 5.55. The molecule has 2 nitrogen and oxygen atoms in total. The van der Waals surface area contributed by atoms with E-state index in [1.165, 1.54) is 11.6 Å². The van der Waals surface area contributed by atoms with E-state index >= 15 is 0 Å². The van der Waals surface area contributed by atoms with Gasteiger partial charge in [0.05, 0.1) is 0 Å². The molecule has 0 saturated carbocycles. The molecule has 2 N–H and O–H groups in total. The van der Waals surface area contributed by atoms with Crippen molar-refractivity contribution in [3.05, 3.63) is 65.5 Å². The third kappa shape index (κ3) is 3.36. The summed E-state index contributed by atoms with van der Waals surface area (Å²) >= 11 is 0. The Bertz CT molecular complexity index is 552. The largest absolute Gasteiger partial charge is 0.374 e. The lowest BCUT2D eigenvalue weighted by Crippen LogP contribution is -2.23. The van der Waals surface area contributed by atoms with E-state index in [2.05, 4.69) is 17.0 Å². The van der Waals surface area contributed by atoms with Crippen LogP contribution in [0.25, 0.3) is 0 Å². The number of anilines is 1. The van der Waals surface area contributed by atoms with Crippen molar-refractivity contribution in [2.45, 2.75) is 19.4 Å². The number of halogens is 1. The summed E-state index contributed by atoms with van der Waals surface area (Å²) in [6, 6.07) is 15.1. The van der Waals surface area contributed by atoms with Gasteiger partial charge in [0, 0.05) is 30.9 Å². The Morgan fingerprint density at radius 2 is 1.80 bits per heavy atom. The van der Waals surface area contributed by atoms with Crippen LogP contribution in [0.4, 0.5) is 10.1 Å². The molecule has 1 atom stereocenters. The van der Waals surface area contributed by atoms with Crippen LogP contribution in [0.15, 0.2) is 48.5 Å². The Labute approximate surface area is 120 Å². The molecule has 0 aliphatic rings. The number of likely N-dealkylation sites (N-methyl/N-ethyl adjacent to an activating group) is 1. The summed E-state index contributed by atoms with van der Waals surface area (Å²) in [4.78, 5) is 2.06. The number of nitrogens with zero attached hydrogens (tertiary/aromatic N) is 1. The first kappa shape index (κ1) is 14.5. The Morgan fingerprint density at radius 3 is 2.45 bits per heavy atom. The van der Waals surface area contributed by atoms with Crippen molar-refractivity contribution in [1.29, 1.82) is 0 Å². The maximum absolute atomic E-state index is 13.9. The third-order valence-electron chi connectivity index (χ3n) is 3.48. The van der Waals surface area contributed by atoms with Gasteiger partial charge in [-0.25, -0.2) is 4.39 Å². The summed E-state index contributed by atoms with van der Waals surface area (Å²) in [6.07, 6.45) is 0.923. The van der Waals surface area contributed by atoms with Crippen molar-refractivity contribution in [2.75, 3.05) is 18.5 Å². The van der Waals surface area contributed by atoms with Crippen LogP contribution in [0, 0.1) is 5.82 Å². The van der Waals surface area contributed by atoms with Crippen molar-refractivity contribution in [2.24, 2.45) is 5.73 Å². The lowest BCUT2D eigenvalue weighted by molar-refractivity contribution is 0.592. The number of nitrogens with two attached hydrogens (primary N) is 1. The second kappa shape index (κ2) is 6.53. The standard InChI is InChI=1S/C17H21FN2/c1-13(19)17-15(18)9-6-10-16(17)20(2)12-11-14-7-4-3-5-8-14/h3-10,13H,11-12,19H2,1-2H3/t13-/m1/s1. The van der Waals surface area contributed by atoms with Crippen LogP contribution in [0.3, 0.4) is 0 Å². The summed E-state index contributed by atoms with van der Waals surface area (Å²) < 4.78 is 13.9. The SMILES string of the molecule is C[C@@H](N)c1c(F)cccc1N(C)CCc1ccccc1. The second-order valence-corrected chi connectivity index (χ2v) is 5.12. The maximum atomic E-state index is 13.9. The number of hydrogen-bond donors (Lipinski definition) is 1. The zero-order valence-electron chi connectivity index (χ0n) is 12.0. The Morgan fingerprint density at radius 1 is 1.10 bits per heavy atom. The zero-order valence-corrected chi connectivity index (χ0v) is 12.0. The molecule has 0 aliphatic heterocycles.